The molecular formula is C13H19ClO4. The molecule has 0 unspecified atom stereocenters. The standard InChI is InChI=1S/C13H19ClO4/c1-10-4-2-5-11(14)9-17-6-3-7-18-13(16)8-12(10)15/h4-5,12,15H,2-3,6-9H2,1H3/b10-4+,11-5+/t12-/m0/s1. The molecule has 0 aromatic heterocycles. The minimum atomic E-state index is -0.788. The molecule has 0 aliphatic carbocycles. The molecular weight excluding hydrogens is 256 g/mol. The summed E-state index contributed by atoms with van der Waals surface area (Å²) in [7, 11) is 0. The summed E-state index contributed by atoms with van der Waals surface area (Å²) in [4.78, 5) is 11.4. The molecule has 1 heterocycles. The number of rotatable bonds is 0. The van der Waals surface area contributed by atoms with Crippen LogP contribution in [0.1, 0.15) is 26.2 Å². The lowest BCUT2D eigenvalue weighted by Crippen LogP contribution is -2.18. The smallest absolute Gasteiger partial charge is 0.308 e. The van der Waals surface area contributed by atoms with E-state index in [-0.39, 0.29) is 12.4 Å². The molecule has 0 radical (unpaired) electrons. The van der Waals surface area contributed by atoms with Crippen molar-refractivity contribution in [3.63, 3.8) is 0 Å². The number of esters is 1. The van der Waals surface area contributed by atoms with E-state index in [9.17, 15) is 9.90 Å². The van der Waals surface area contributed by atoms with Crippen molar-refractivity contribution in [1.29, 1.82) is 0 Å². The normalized spacial score (nSPS) is 30.4. The Labute approximate surface area is 112 Å². The van der Waals surface area contributed by atoms with Crippen molar-refractivity contribution in [2.75, 3.05) is 19.8 Å². The highest BCUT2D eigenvalue weighted by atomic mass is 35.5. The van der Waals surface area contributed by atoms with Crippen LogP contribution in [-0.2, 0) is 14.3 Å². The molecule has 0 saturated carbocycles. The largest absolute Gasteiger partial charge is 0.466 e. The van der Waals surface area contributed by atoms with E-state index in [0.717, 1.165) is 5.57 Å². The highest BCUT2D eigenvalue weighted by Gasteiger charge is 2.13. The van der Waals surface area contributed by atoms with E-state index in [2.05, 4.69) is 0 Å². The molecule has 0 fully saturated rings. The van der Waals surface area contributed by atoms with Gasteiger partial charge in [-0.1, -0.05) is 23.8 Å². The molecule has 1 aliphatic heterocycles. The van der Waals surface area contributed by atoms with Gasteiger partial charge in [0.05, 0.1) is 32.3 Å². The Kier molecular flexibility index (Phi) is 7.01. The number of aliphatic hydroxyl groups excluding tert-OH is 1. The molecule has 18 heavy (non-hydrogen) atoms. The molecule has 1 N–H and O–H groups in total. The molecule has 1 rings (SSSR count). The number of allylic oxidation sites excluding steroid dienone is 2. The maximum absolute atomic E-state index is 11.4. The lowest BCUT2D eigenvalue weighted by Gasteiger charge is -2.12. The third-order valence-electron chi connectivity index (χ3n) is 2.60. The Morgan fingerprint density at radius 2 is 2.17 bits per heavy atom. The zero-order valence-electron chi connectivity index (χ0n) is 10.5. The summed E-state index contributed by atoms with van der Waals surface area (Å²) in [6.07, 6.45) is 4.11. The van der Waals surface area contributed by atoms with Gasteiger partial charge in [0, 0.05) is 11.5 Å². The average molecular weight is 275 g/mol. The first-order valence-corrected chi connectivity index (χ1v) is 6.40. The van der Waals surface area contributed by atoms with Gasteiger partial charge in [-0.05, 0) is 18.9 Å². The number of ether oxygens (including phenoxy) is 2. The minimum Gasteiger partial charge on any atom is -0.466 e. The van der Waals surface area contributed by atoms with Crippen molar-refractivity contribution in [2.45, 2.75) is 32.3 Å². The van der Waals surface area contributed by atoms with E-state index in [0.29, 0.717) is 37.7 Å². The van der Waals surface area contributed by atoms with Crippen LogP contribution in [0, 0.1) is 0 Å². The molecule has 0 bridgehead atoms. The second-order valence-electron chi connectivity index (χ2n) is 4.18. The van der Waals surface area contributed by atoms with E-state index in [1.165, 1.54) is 0 Å². The van der Waals surface area contributed by atoms with Gasteiger partial charge in [-0.25, -0.2) is 0 Å². The SMILES string of the molecule is C/C1=C\C/C=C(/Cl)COCCCOC(=O)C[C@@H]1O. The fraction of sp³-hybridized carbons (Fsp3) is 0.615. The minimum absolute atomic E-state index is 0.0133. The van der Waals surface area contributed by atoms with E-state index >= 15 is 0 Å². The van der Waals surface area contributed by atoms with E-state index in [4.69, 9.17) is 21.1 Å². The molecule has 1 aliphatic rings. The highest BCUT2D eigenvalue weighted by molar-refractivity contribution is 6.29. The fourth-order valence-corrected chi connectivity index (χ4v) is 1.63. The number of hydrogen-bond donors (Lipinski definition) is 1. The van der Waals surface area contributed by atoms with E-state index < -0.39 is 6.10 Å². The van der Waals surface area contributed by atoms with Gasteiger partial charge in [0.15, 0.2) is 0 Å². The predicted octanol–water partition coefficient (Wildman–Crippen LogP) is 2.16. The van der Waals surface area contributed by atoms with E-state index in [1.807, 2.05) is 12.2 Å². The lowest BCUT2D eigenvalue weighted by atomic mass is 10.1. The molecule has 4 nitrogen and oxygen atoms in total. The Morgan fingerprint density at radius 3 is 2.94 bits per heavy atom. The molecule has 0 aromatic carbocycles. The first-order chi connectivity index (χ1) is 8.59. The van der Waals surface area contributed by atoms with Gasteiger partial charge < -0.3 is 14.6 Å². The van der Waals surface area contributed by atoms with Crippen LogP contribution in [0.2, 0.25) is 0 Å². The number of carbonyl (C=O) groups excluding carboxylic acids is 1. The van der Waals surface area contributed by atoms with Gasteiger partial charge >= 0.3 is 5.97 Å². The Hall–Kier alpha value is -0.840. The average Bonchev–Trinajstić information content (AvgIpc) is 2.32. The Balaban J connectivity index is 2.63. The molecule has 0 spiro atoms. The topological polar surface area (TPSA) is 55.8 Å². The van der Waals surface area contributed by atoms with Gasteiger partial charge in [0.2, 0.25) is 0 Å². The summed E-state index contributed by atoms with van der Waals surface area (Å²) in [5.74, 6) is -0.388. The predicted molar refractivity (Wildman–Crippen MR) is 69.3 cm³/mol. The van der Waals surface area contributed by atoms with Crippen molar-refractivity contribution in [1.82, 2.24) is 0 Å². The van der Waals surface area contributed by atoms with Crippen molar-refractivity contribution in [2.24, 2.45) is 0 Å². The number of aliphatic hydroxyl groups is 1. The van der Waals surface area contributed by atoms with Crippen molar-refractivity contribution >= 4 is 17.6 Å². The van der Waals surface area contributed by atoms with Gasteiger partial charge in [0.1, 0.15) is 0 Å². The zero-order valence-corrected chi connectivity index (χ0v) is 11.3. The first kappa shape index (κ1) is 15.2. The summed E-state index contributed by atoms with van der Waals surface area (Å²) in [5, 5.41) is 10.4. The molecule has 5 heteroatoms. The number of carbonyl (C=O) groups is 1. The second-order valence-corrected chi connectivity index (χ2v) is 4.67. The van der Waals surface area contributed by atoms with E-state index in [1.54, 1.807) is 6.92 Å². The Bertz CT molecular complexity index is 336. The van der Waals surface area contributed by atoms with Crippen LogP contribution < -0.4 is 0 Å². The zero-order chi connectivity index (χ0) is 13.4. The summed E-state index contributed by atoms with van der Waals surface area (Å²) in [5.41, 5.74) is 0.741. The molecule has 102 valence electrons. The maximum atomic E-state index is 11.4. The van der Waals surface area contributed by atoms with Gasteiger partial charge in [-0.2, -0.15) is 0 Å². The molecule has 0 amide bonds. The fourth-order valence-electron chi connectivity index (χ4n) is 1.46. The monoisotopic (exact) mass is 274 g/mol. The van der Waals surface area contributed by atoms with Gasteiger partial charge in [-0.3, -0.25) is 4.79 Å². The van der Waals surface area contributed by atoms with Gasteiger partial charge in [-0.15, -0.1) is 0 Å². The van der Waals surface area contributed by atoms with Crippen molar-refractivity contribution < 1.29 is 19.4 Å². The summed E-state index contributed by atoms with van der Waals surface area (Å²) in [6.45, 7) is 2.94. The highest BCUT2D eigenvalue weighted by Crippen LogP contribution is 2.11. The maximum Gasteiger partial charge on any atom is 0.308 e. The molecule has 1 atom stereocenters. The van der Waals surface area contributed by atoms with Crippen LogP contribution in [0.4, 0.5) is 0 Å². The number of hydrogen-bond acceptors (Lipinski definition) is 4. The third kappa shape index (κ3) is 6.19. The summed E-state index contributed by atoms with van der Waals surface area (Å²) >= 11 is 5.95. The van der Waals surface area contributed by atoms with Crippen LogP contribution in [0.25, 0.3) is 0 Å². The number of halogens is 1. The lowest BCUT2D eigenvalue weighted by molar-refractivity contribution is -0.145. The van der Waals surface area contributed by atoms with Crippen LogP contribution in [0.15, 0.2) is 22.8 Å². The Morgan fingerprint density at radius 1 is 1.39 bits per heavy atom. The van der Waals surface area contributed by atoms with Crippen molar-refractivity contribution in [3.8, 4) is 0 Å². The van der Waals surface area contributed by atoms with Crippen LogP contribution in [-0.4, -0.2) is 37.0 Å². The first-order valence-electron chi connectivity index (χ1n) is 6.02. The summed E-state index contributed by atoms with van der Waals surface area (Å²) in [6, 6.07) is 0. The summed E-state index contributed by atoms with van der Waals surface area (Å²) < 4.78 is 10.3. The van der Waals surface area contributed by atoms with Crippen molar-refractivity contribution in [3.05, 3.63) is 22.8 Å². The van der Waals surface area contributed by atoms with Crippen LogP contribution in [0.3, 0.4) is 0 Å². The van der Waals surface area contributed by atoms with Crippen LogP contribution >= 0.6 is 11.6 Å². The third-order valence-corrected chi connectivity index (χ3v) is 2.86. The number of cyclic esters (lactones) is 1. The molecule has 0 saturated heterocycles. The molecule has 0 aromatic rings. The second kappa shape index (κ2) is 8.29. The van der Waals surface area contributed by atoms with Gasteiger partial charge in [0.25, 0.3) is 0 Å². The quantitative estimate of drug-likeness (QED) is 0.543. The van der Waals surface area contributed by atoms with Crippen LogP contribution in [0.5, 0.6) is 0 Å².